The van der Waals surface area contributed by atoms with E-state index in [2.05, 4.69) is 26.1 Å². The van der Waals surface area contributed by atoms with Gasteiger partial charge in [0.05, 0.1) is 12.2 Å². The molecule has 1 amide bonds. The largest absolute Gasteiger partial charge is 0.480 e. The van der Waals surface area contributed by atoms with E-state index in [1.807, 2.05) is 13.8 Å². The van der Waals surface area contributed by atoms with Crippen molar-refractivity contribution in [3.8, 4) is 0 Å². The van der Waals surface area contributed by atoms with Gasteiger partial charge in [0.25, 0.3) is 0 Å². The number of carboxylic acid groups (broad SMARTS) is 1. The molecule has 3 unspecified atom stereocenters. The standard InChI is InChI=1S/C30H51NO5/c1-6-17(2)27(28(35)36)31-26(34)10-7-18(3)21-8-9-22-20-16-25(33)24-15-19(32)11-13-30(24,5)23(20)12-14-29(21,22)4/h17-25,27,32-33H,6-16H2,1-5H3,(H,31,34)(H,35,36)/t17?,18?,19-,20+,21-,22+,23+,24+,25+,27?,29-,30-/m1/s1. The van der Waals surface area contributed by atoms with Crippen LogP contribution in [-0.2, 0) is 9.59 Å². The Labute approximate surface area is 218 Å². The molecule has 0 radical (unpaired) electrons. The van der Waals surface area contributed by atoms with Crippen molar-refractivity contribution >= 4 is 11.9 Å². The minimum absolute atomic E-state index is 0.0895. The molecule has 0 aromatic carbocycles. The summed E-state index contributed by atoms with van der Waals surface area (Å²) in [5.74, 6) is 1.84. The molecule has 36 heavy (non-hydrogen) atoms. The number of rotatable bonds is 8. The van der Waals surface area contributed by atoms with E-state index < -0.39 is 12.0 Å². The van der Waals surface area contributed by atoms with Crippen LogP contribution in [0.5, 0.6) is 0 Å². The second-order valence-corrected chi connectivity index (χ2v) is 13.7. The van der Waals surface area contributed by atoms with Gasteiger partial charge in [0.15, 0.2) is 0 Å². The van der Waals surface area contributed by atoms with Gasteiger partial charge in [-0.25, -0.2) is 4.79 Å². The van der Waals surface area contributed by atoms with Crippen molar-refractivity contribution in [2.75, 3.05) is 0 Å². The maximum absolute atomic E-state index is 12.7. The number of carboxylic acids is 1. The number of aliphatic hydroxyl groups is 2. The van der Waals surface area contributed by atoms with Gasteiger partial charge < -0.3 is 20.6 Å². The van der Waals surface area contributed by atoms with E-state index in [0.717, 1.165) is 32.1 Å². The van der Waals surface area contributed by atoms with Gasteiger partial charge in [-0.3, -0.25) is 4.79 Å². The van der Waals surface area contributed by atoms with E-state index in [9.17, 15) is 24.9 Å². The van der Waals surface area contributed by atoms with Gasteiger partial charge in [-0.2, -0.15) is 0 Å². The number of aliphatic carboxylic acids is 1. The van der Waals surface area contributed by atoms with Gasteiger partial charge in [0.2, 0.25) is 5.91 Å². The fourth-order valence-corrected chi connectivity index (χ4v) is 9.74. The highest BCUT2D eigenvalue weighted by Gasteiger charge is 2.62. The van der Waals surface area contributed by atoms with Crippen LogP contribution in [0.3, 0.4) is 0 Å². The van der Waals surface area contributed by atoms with Crippen molar-refractivity contribution in [1.82, 2.24) is 5.32 Å². The lowest BCUT2D eigenvalue weighted by atomic mass is 9.44. The molecular formula is C30H51NO5. The summed E-state index contributed by atoms with van der Waals surface area (Å²) in [6.45, 7) is 11.0. The Morgan fingerprint density at radius 3 is 2.28 bits per heavy atom. The molecule has 6 nitrogen and oxygen atoms in total. The molecule has 0 heterocycles. The first-order valence-corrected chi connectivity index (χ1v) is 14.8. The summed E-state index contributed by atoms with van der Waals surface area (Å²) < 4.78 is 0. The molecule has 0 aromatic rings. The normalized spacial score (nSPS) is 44.5. The van der Waals surface area contributed by atoms with E-state index in [1.165, 1.54) is 25.7 Å². The smallest absolute Gasteiger partial charge is 0.326 e. The molecular weight excluding hydrogens is 454 g/mol. The number of amides is 1. The van der Waals surface area contributed by atoms with Gasteiger partial charge in [-0.15, -0.1) is 0 Å². The molecule has 4 saturated carbocycles. The van der Waals surface area contributed by atoms with Crippen molar-refractivity contribution < 1.29 is 24.9 Å². The third-order valence-corrected chi connectivity index (χ3v) is 12.0. The molecule has 0 saturated heterocycles. The summed E-state index contributed by atoms with van der Waals surface area (Å²) in [6.07, 6.45) is 9.69. The minimum Gasteiger partial charge on any atom is -0.480 e. The summed E-state index contributed by atoms with van der Waals surface area (Å²) in [4.78, 5) is 24.3. The summed E-state index contributed by atoms with van der Waals surface area (Å²) in [7, 11) is 0. The van der Waals surface area contributed by atoms with Crippen molar-refractivity contribution in [3.63, 3.8) is 0 Å². The molecule has 206 valence electrons. The molecule has 4 aliphatic carbocycles. The highest BCUT2D eigenvalue weighted by Crippen LogP contribution is 2.68. The molecule has 4 N–H and O–H groups in total. The first-order chi connectivity index (χ1) is 16.9. The van der Waals surface area contributed by atoms with Gasteiger partial charge in [0.1, 0.15) is 6.04 Å². The van der Waals surface area contributed by atoms with Crippen LogP contribution in [0.15, 0.2) is 0 Å². The zero-order valence-corrected chi connectivity index (χ0v) is 23.2. The molecule has 6 heteroatoms. The lowest BCUT2D eigenvalue weighted by Crippen LogP contribution is -2.58. The highest BCUT2D eigenvalue weighted by molar-refractivity contribution is 5.83. The van der Waals surface area contributed by atoms with E-state index in [4.69, 9.17) is 0 Å². The first-order valence-electron chi connectivity index (χ1n) is 14.8. The van der Waals surface area contributed by atoms with Crippen molar-refractivity contribution in [2.24, 2.45) is 52.3 Å². The number of hydrogen-bond acceptors (Lipinski definition) is 4. The molecule has 4 aliphatic rings. The molecule has 0 spiro atoms. The summed E-state index contributed by atoms with van der Waals surface area (Å²) >= 11 is 0. The molecule has 0 aliphatic heterocycles. The number of hydrogen-bond donors (Lipinski definition) is 4. The SMILES string of the molecule is CCC(C)C(NC(=O)CCC(C)[C@H]1CC[C@H]2[C@@H]3C[C@H](O)[C@@H]4C[C@H](O)CC[C@]4(C)[C@H]3CC[C@]12C)C(=O)O. The average Bonchev–Trinajstić information content (AvgIpc) is 3.19. The molecule has 12 atom stereocenters. The maximum Gasteiger partial charge on any atom is 0.326 e. The second-order valence-electron chi connectivity index (χ2n) is 13.7. The van der Waals surface area contributed by atoms with Crippen molar-refractivity contribution in [3.05, 3.63) is 0 Å². The van der Waals surface area contributed by atoms with Crippen molar-refractivity contribution in [1.29, 1.82) is 0 Å². The molecule has 0 bridgehead atoms. The number of nitrogens with one attached hydrogen (secondary N) is 1. The maximum atomic E-state index is 12.7. The van der Waals surface area contributed by atoms with Gasteiger partial charge >= 0.3 is 5.97 Å². The average molecular weight is 506 g/mol. The van der Waals surface area contributed by atoms with Crippen molar-refractivity contribution in [2.45, 2.75) is 123 Å². The summed E-state index contributed by atoms with van der Waals surface area (Å²) in [5, 5.41) is 33.8. The Bertz CT molecular complexity index is 817. The minimum atomic E-state index is -0.952. The fraction of sp³-hybridized carbons (Fsp3) is 0.933. The molecule has 0 aromatic heterocycles. The van der Waals surface area contributed by atoms with Crippen LogP contribution < -0.4 is 5.32 Å². The predicted octanol–water partition coefficient (Wildman–Crippen LogP) is 5.01. The summed E-state index contributed by atoms with van der Waals surface area (Å²) in [6, 6.07) is -0.815. The van der Waals surface area contributed by atoms with E-state index >= 15 is 0 Å². The Hall–Kier alpha value is -1.14. The lowest BCUT2D eigenvalue weighted by molar-refractivity contribution is -0.172. The number of carbonyl (C=O) groups is 2. The van der Waals surface area contributed by atoms with Gasteiger partial charge in [-0.1, -0.05) is 41.0 Å². The van der Waals surface area contributed by atoms with E-state index in [1.54, 1.807) is 0 Å². The Balaban J connectivity index is 1.40. The van der Waals surface area contributed by atoms with Crippen LogP contribution >= 0.6 is 0 Å². The zero-order valence-electron chi connectivity index (χ0n) is 23.2. The van der Waals surface area contributed by atoms with Gasteiger partial charge in [0, 0.05) is 6.42 Å². The van der Waals surface area contributed by atoms with Crippen LogP contribution in [0, 0.1) is 52.3 Å². The van der Waals surface area contributed by atoms with E-state index in [0.29, 0.717) is 42.4 Å². The van der Waals surface area contributed by atoms with E-state index in [-0.39, 0.29) is 40.8 Å². The third kappa shape index (κ3) is 4.86. The fourth-order valence-electron chi connectivity index (χ4n) is 9.74. The van der Waals surface area contributed by atoms with Crippen LogP contribution in [0.4, 0.5) is 0 Å². The van der Waals surface area contributed by atoms with Crippen LogP contribution in [0.1, 0.15) is 105 Å². The Kier molecular flexibility index (Phi) is 8.17. The number of aliphatic hydroxyl groups excluding tert-OH is 2. The zero-order chi connectivity index (χ0) is 26.4. The van der Waals surface area contributed by atoms with Crippen LogP contribution in [0.2, 0.25) is 0 Å². The quantitative estimate of drug-likeness (QED) is 0.371. The first kappa shape index (κ1) is 27.9. The topological polar surface area (TPSA) is 107 Å². The highest BCUT2D eigenvalue weighted by atomic mass is 16.4. The lowest BCUT2D eigenvalue weighted by Gasteiger charge is -2.62. The second kappa shape index (κ2) is 10.6. The Morgan fingerprint density at radius 2 is 1.61 bits per heavy atom. The predicted molar refractivity (Wildman–Crippen MR) is 140 cm³/mol. The number of fused-ring (bicyclic) bond motifs is 5. The monoisotopic (exact) mass is 505 g/mol. The van der Waals surface area contributed by atoms with Crippen LogP contribution in [0.25, 0.3) is 0 Å². The van der Waals surface area contributed by atoms with Gasteiger partial charge in [-0.05, 0) is 110 Å². The summed E-state index contributed by atoms with van der Waals surface area (Å²) in [5.41, 5.74) is 0.384. The van der Waals surface area contributed by atoms with Crippen LogP contribution in [-0.4, -0.2) is 45.4 Å². The molecule has 4 fully saturated rings. The Morgan fingerprint density at radius 1 is 0.944 bits per heavy atom. The third-order valence-electron chi connectivity index (χ3n) is 12.0. The molecule has 4 rings (SSSR count). The number of carbonyl (C=O) groups excluding carboxylic acids is 1.